The molecule has 2 atom stereocenters. The van der Waals surface area contributed by atoms with Crippen molar-refractivity contribution in [2.75, 3.05) is 6.61 Å². The van der Waals surface area contributed by atoms with Crippen LogP contribution in [0.2, 0.25) is 0 Å². The van der Waals surface area contributed by atoms with Gasteiger partial charge in [0.15, 0.2) is 6.61 Å². The van der Waals surface area contributed by atoms with E-state index in [1.807, 2.05) is 39.0 Å². The van der Waals surface area contributed by atoms with E-state index in [9.17, 15) is 19.5 Å². The van der Waals surface area contributed by atoms with Gasteiger partial charge >= 0.3 is 5.97 Å². The lowest BCUT2D eigenvalue weighted by Crippen LogP contribution is -2.49. The van der Waals surface area contributed by atoms with E-state index >= 15 is 0 Å². The molecule has 1 aliphatic carbocycles. The molecule has 2 unspecified atom stereocenters. The number of carbonyl (C=O) groups is 3. The largest absolute Gasteiger partial charge is 0.483 e. The predicted molar refractivity (Wildman–Crippen MR) is 100 cm³/mol. The van der Waals surface area contributed by atoms with Crippen LogP contribution in [0.25, 0.3) is 0 Å². The maximum atomic E-state index is 12.2. The van der Waals surface area contributed by atoms with Crippen LogP contribution in [-0.4, -0.2) is 29.5 Å². The first-order valence-electron chi connectivity index (χ1n) is 9.34. The standard InChI is InChI=1S/C20H28N2O5/c1-12(2)14-9-8-13(3)10-17(14)27-11-18(23)21-22-19(24)15-6-4-5-7-16(15)20(25)26/h8-10,12,15-16H,4-7,11H2,1-3H3,(H,21,23)(H,22,24)(H,25,26). The van der Waals surface area contributed by atoms with Gasteiger partial charge < -0.3 is 9.84 Å². The molecular weight excluding hydrogens is 348 g/mol. The van der Waals surface area contributed by atoms with Crippen molar-refractivity contribution in [2.24, 2.45) is 11.8 Å². The second kappa shape index (κ2) is 9.39. The molecule has 0 aliphatic heterocycles. The van der Waals surface area contributed by atoms with Crippen LogP contribution >= 0.6 is 0 Å². The number of rotatable bonds is 6. The van der Waals surface area contributed by atoms with E-state index in [0.29, 0.717) is 18.6 Å². The Balaban J connectivity index is 1.87. The molecule has 0 bridgehead atoms. The van der Waals surface area contributed by atoms with Gasteiger partial charge in [-0.05, 0) is 42.9 Å². The SMILES string of the molecule is Cc1ccc(C(C)C)c(OCC(=O)NNC(=O)C2CCCCC2C(=O)O)c1. The highest BCUT2D eigenvalue weighted by atomic mass is 16.5. The van der Waals surface area contributed by atoms with Gasteiger partial charge in [-0.2, -0.15) is 0 Å². The van der Waals surface area contributed by atoms with Gasteiger partial charge in [-0.1, -0.05) is 38.8 Å². The summed E-state index contributed by atoms with van der Waals surface area (Å²) in [5.41, 5.74) is 6.69. The Morgan fingerprint density at radius 1 is 1.15 bits per heavy atom. The first-order valence-corrected chi connectivity index (χ1v) is 9.34. The van der Waals surface area contributed by atoms with Crippen molar-refractivity contribution >= 4 is 17.8 Å². The number of carboxylic acids is 1. The monoisotopic (exact) mass is 376 g/mol. The van der Waals surface area contributed by atoms with Crippen LogP contribution in [0.1, 0.15) is 56.6 Å². The summed E-state index contributed by atoms with van der Waals surface area (Å²) in [6, 6.07) is 5.84. The molecule has 1 saturated carbocycles. The minimum Gasteiger partial charge on any atom is -0.483 e. The van der Waals surface area contributed by atoms with E-state index in [1.165, 1.54) is 0 Å². The zero-order chi connectivity index (χ0) is 20.0. The predicted octanol–water partition coefficient (Wildman–Crippen LogP) is 2.54. The number of hydrogen-bond acceptors (Lipinski definition) is 4. The Hall–Kier alpha value is -2.57. The summed E-state index contributed by atoms with van der Waals surface area (Å²) in [6.07, 6.45) is 2.60. The summed E-state index contributed by atoms with van der Waals surface area (Å²) >= 11 is 0. The highest BCUT2D eigenvalue weighted by Gasteiger charge is 2.35. The molecule has 0 spiro atoms. The Morgan fingerprint density at radius 2 is 1.81 bits per heavy atom. The molecule has 1 aromatic rings. The third kappa shape index (κ3) is 5.70. The van der Waals surface area contributed by atoms with Crippen molar-refractivity contribution in [3.63, 3.8) is 0 Å². The Bertz CT molecular complexity index is 702. The van der Waals surface area contributed by atoms with Crippen molar-refractivity contribution in [1.29, 1.82) is 0 Å². The van der Waals surface area contributed by atoms with Crippen molar-refractivity contribution in [3.05, 3.63) is 29.3 Å². The summed E-state index contributed by atoms with van der Waals surface area (Å²) < 4.78 is 5.62. The van der Waals surface area contributed by atoms with Crippen LogP contribution in [0.3, 0.4) is 0 Å². The van der Waals surface area contributed by atoms with E-state index in [2.05, 4.69) is 10.9 Å². The zero-order valence-corrected chi connectivity index (χ0v) is 16.1. The minimum atomic E-state index is -0.967. The van der Waals surface area contributed by atoms with Crippen LogP contribution in [0.5, 0.6) is 5.75 Å². The van der Waals surface area contributed by atoms with Crippen LogP contribution in [0, 0.1) is 18.8 Å². The van der Waals surface area contributed by atoms with Crippen molar-refractivity contribution in [1.82, 2.24) is 10.9 Å². The molecule has 3 N–H and O–H groups in total. The van der Waals surface area contributed by atoms with Gasteiger partial charge in [-0.3, -0.25) is 25.2 Å². The summed E-state index contributed by atoms with van der Waals surface area (Å²) in [7, 11) is 0. The molecule has 2 amide bonds. The minimum absolute atomic E-state index is 0.240. The van der Waals surface area contributed by atoms with Gasteiger partial charge in [0.25, 0.3) is 5.91 Å². The maximum Gasteiger partial charge on any atom is 0.307 e. The number of hydrazine groups is 1. The molecule has 148 valence electrons. The first-order chi connectivity index (χ1) is 12.8. The van der Waals surface area contributed by atoms with Gasteiger partial charge in [-0.15, -0.1) is 0 Å². The maximum absolute atomic E-state index is 12.2. The molecular formula is C20H28N2O5. The van der Waals surface area contributed by atoms with Crippen molar-refractivity contribution in [2.45, 2.75) is 52.4 Å². The molecule has 7 heteroatoms. The smallest absolute Gasteiger partial charge is 0.307 e. The number of ether oxygens (including phenoxy) is 1. The average molecular weight is 376 g/mol. The average Bonchev–Trinajstić information content (AvgIpc) is 2.64. The Kier molecular flexibility index (Phi) is 7.21. The fraction of sp³-hybridized carbons (Fsp3) is 0.550. The summed E-state index contributed by atoms with van der Waals surface area (Å²) in [4.78, 5) is 35.6. The molecule has 27 heavy (non-hydrogen) atoms. The summed E-state index contributed by atoms with van der Waals surface area (Å²) in [5, 5.41) is 9.25. The number of amides is 2. The molecule has 0 radical (unpaired) electrons. The third-order valence-corrected chi connectivity index (χ3v) is 4.89. The molecule has 0 heterocycles. The van der Waals surface area contributed by atoms with E-state index in [1.54, 1.807) is 0 Å². The number of aryl methyl sites for hydroxylation is 1. The van der Waals surface area contributed by atoms with E-state index in [4.69, 9.17) is 4.74 Å². The van der Waals surface area contributed by atoms with Gasteiger partial charge in [0.1, 0.15) is 5.75 Å². The fourth-order valence-electron chi connectivity index (χ4n) is 3.39. The second-order valence-electron chi connectivity index (χ2n) is 7.36. The van der Waals surface area contributed by atoms with Gasteiger partial charge in [0.2, 0.25) is 5.91 Å². The number of carbonyl (C=O) groups excluding carboxylic acids is 2. The van der Waals surface area contributed by atoms with Gasteiger partial charge in [0.05, 0.1) is 11.8 Å². The lowest BCUT2D eigenvalue weighted by molar-refractivity contribution is -0.149. The number of aliphatic carboxylic acids is 1. The van der Waals surface area contributed by atoms with E-state index < -0.39 is 29.6 Å². The fourth-order valence-corrected chi connectivity index (χ4v) is 3.39. The number of benzene rings is 1. The van der Waals surface area contributed by atoms with Crippen LogP contribution in [0.15, 0.2) is 18.2 Å². The van der Waals surface area contributed by atoms with Crippen molar-refractivity contribution < 1.29 is 24.2 Å². The lowest BCUT2D eigenvalue weighted by Gasteiger charge is -2.27. The van der Waals surface area contributed by atoms with Crippen LogP contribution in [-0.2, 0) is 14.4 Å². The van der Waals surface area contributed by atoms with Crippen LogP contribution in [0.4, 0.5) is 0 Å². The number of nitrogens with one attached hydrogen (secondary N) is 2. The molecule has 1 aliphatic rings. The van der Waals surface area contributed by atoms with Crippen molar-refractivity contribution in [3.8, 4) is 5.75 Å². The molecule has 0 aromatic heterocycles. The number of carboxylic acid groups (broad SMARTS) is 1. The summed E-state index contributed by atoms with van der Waals surface area (Å²) in [6.45, 7) is 5.79. The quantitative estimate of drug-likeness (QED) is 0.662. The van der Waals surface area contributed by atoms with Gasteiger partial charge in [-0.25, -0.2) is 0 Å². The molecule has 1 aromatic carbocycles. The molecule has 7 nitrogen and oxygen atoms in total. The molecule has 1 fully saturated rings. The summed E-state index contributed by atoms with van der Waals surface area (Å²) in [5.74, 6) is -2.36. The van der Waals surface area contributed by atoms with Gasteiger partial charge in [0, 0.05) is 0 Å². The molecule has 2 rings (SSSR count). The highest BCUT2D eigenvalue weighted by molar-refractivity contribution is 5.87. The zero-order valence-electron chi connectivity index (χ0n) is 16.1. The first kappa shape index (κ1) is 20.7. The molecule has 0 saturated heterocycles. The Morgan fingerprint density at radius 3 is 2.44 bits per heavy atom. The number of hydrogen-bond donors (Lipinski definition) is 3. The Labute approximate surface area is 159 Å². The third-order valence-electron chi connectivity index (χ3n) is 4.89. The van der Waals surface area contributed by atoms with Crippen LogP contribution < -0.4 is 15.6 Å². The van der Waals surface area contributed by atoms with E-state index in [0.717, 1.165) is 24.0 Å². The van der Waals surface area contributed by atoms with E-state index in [-0.39, 0.29) is 12.5 Å². The lowest BCUT2D eigenvalue weighted by atomic mass is 9.79. The second-order valence-corrected chi connectivity index (χ2v) is 7.36. The normalized spacial score (nSPS) is 19.4. The topological polar surface area (TPSA) is 105 Å². The highest BCUT2D eigenvalue weighted by Crippen LogP contribution is 2.30.